The molecular weight excluding hydrogens is 246 g/mol. The molecule has 0 heterocycles. The van der Waals surface area contributed by atoms with E-state index in [0.717, 1.165) is 12.8 Å². The van der Waals surface area contributed by atoms with Gasteiger partial charge in [0.05, 0.1) is 5.54 Å². The molecule has 0 aliphatic heterocycles. The molecule has 1 aromatic carbocycles. The van der Waals surface area contributed by atoms with Crippen LogP contribution >= 0.6 is 0 Å². The highest BCUT2D eigenvalue weighted by Gasteiger charge is 2.41. The van der Waals surface area contributed by atoms with Crippen LogP contribution in [0.25, 0.3) is 0 Å². The van der Waals surface area contributed by atoms with E-state index in [9.17, 15) is 4.79 Å². The van der Waals surface area contributed by atoms with Crippen molar-refractivity contribution in [2.75, 3.05) is 0 Å². The van der Waals surface area contributed by atoms with Crippen LogP contribution in [-0.2, 0) is 10.3 Å². The van der Waals surface area contributed by atoms with E-state index in [1.807, 2.05) is 6.08 Å². The molecule has 106 valence electrons. The maximum Gasteiger partial charge on any atom is 0.235 e. The van der Waals surface area contributed by atoms with E-state index in [2.05, 4.69) is 29.3 Å². The molecule has 2 aliphatic rings. The largest absolute Gasteiger partial charge is 0.235 e. The third kappa shape index (κ3) is 2.45. The molecule has 0 N–H and O–H groups in total. The van der Waals surface area contributed by atoms with Crippen molar-refractivity contribution in [3.63, 3.8) is 0 Å². The molecule has 0 aromatic heterocycles. The van der Waals surface area contributed by atoms with Crippen molar-refractivity contribution in [1.82, 2.24) is 0 Å². The molecule has 0 unspecified atom stereocenters. The fraction of sp³-hybridized carbons (Fsp3) is 0.611. The Bertz CT molecular complexity index is 504. The molecule has 0 radical (unpaired) electrons. The first-order chi connectivity index (χ1) is 9.86. The Kier molecular flexibility index (Phi) is 4.03. The van der Waals surface area contributed by atoms with Crippen LogP contribution in [0.15, 0.2) is 29.3 Å². The standard InChI is InChI=1S/C18H23NO/c20-14-19-18(12-7-13-18)17-11-6-5-10-16(17)15-8-3-1-2-4-9-15/h5-6,10-11,15H,1-4,7-9,12-13H2. The summed E-state index contributed by atoms with van der Waals surface area (Å²) in [5, 5.41) is 0. The molecule has 0 spiro atoms. The van der Waals surface area contributed by atoms with Crippen LogP contribution in [-0.4, -0.2) is 6.08 Å². The summed E-state index contributed by atoms with van der Waals surface area (Å²) in [4.78, 5) is 15.0. The van der Waals surface area contributed by atoms with Crippen LogP contribution in [0.2, 0.25) is 0 Å². The Morgan fingerprint density at radius 2 is 1.70 bits per heavy atom. The average Bonchev–Trinajstić information content (AvgIpc) is 2.72. The van der Waals surface area contributed by atoms with Crippen LogP contribution in [0.4, 0.5) is 0 Å². The smallest absolute Gasteiger partial charge is 0.211 e. The molecule has 2 saturated carbocycles. The van der Waals surface area contributed by atoms with Gasteiger partial charge in [0.1, 0.15) is 0 Å². The summed E-state index contributed by atoms with van der Waals surface area (Å²) in [7, 11) is 0. The fourth-order valence-electron chi connectivity index (χ4n) is 3.91. The highest BCUT2D eigenvalue weighted by molar-refractivity contribution is 5.43. The predicted molar refractivity (Wildman–Crippen MR) is 80.5 cm³/mol. The van der Waals surface area contributed by atoms with Crippen molar-refractivity contribution in [2.24, 2.45) is 4.99 Å². The zero-order chi connectivity index (χ0) is 13.8. The Hall–Kier alpha value is -1.40. The zero-order valence-electron chi connectivity index (χ0n) is 12.1. The second-order valence-corrected chi connectivity index (χ2v) is 6.36. The van der Waals surface area contributed by atoms with Gasteiger partial charge in [-0.1, -0.05) is 49.9 Å². The second kappa shape index (κ2) is 5.93. The van der Waals surface area contributed by atoms with Crippen molar-refractivity contribution in [1.29, 1.82) is 0 Å². The van der Waals surface area contributed by atoms with Gasteiger partial charge in [-0.2, -0.15) is 4.99 Å². The molecule has 2 nitrogen and oxygen atoms in total. The van der Waals surface area contributed by atoms with Gasteiger partial charge in [-0.25, -0.2) is 4.79 Å². The molecule has 2 fully saturated rings. The molecule has 0 amide bonds. The van der Waals surface area contributed by atoms with Gasteiger partial charge in [0.15, 0.2) is 0 Å². The number of carbonyl (C=O) groups excluding carboxylic acids is 1. The molecule has 0 atom stereocenters. The first kappa shape index (κ1) is 13.6. The minimum absolute atomic E-state index is 0.245. The van der Waals surface area contributed by atoms with Crippen molar-refractivity contribution in [3.8, 4) is 0 Å². The lowest BCUT2D eigenvalue weighted by Gasteiger charge is -2.39. The minimum Gasteiger partial charge on any atom is -0.211 e. The topological polar surface area (TPSA) is 29.4 Å². The molecular formula is C18H23NO. The van der Waals surface area contributed by atoms with E-state index >= 15 is 0 Å². The molecule has 0 bridgehead atoms. The monoisotopic (exact) mass is 269 g/mol. The van der Waals surface area contributed by atoms with Gasteiger partial charge in [-0.15, -0.1) is 0 Å². The molecule has 2 aliphatic carbocycles. The van der Waals surface area contributed by atoms with E-state index in [4.69, 9.17) is 0 Å². The molecule has 0 saturated heterocycles. The Balaban J connectivity index is 1.97. The molecule has 2 heteroatoms. The summed E-state index contributed by atoms with van der Waals surface area (Å²) in [5.41, 5.74) is 2.51. The number of isocyanates is 1. The number of hydrogen-bond donors (Lipinski definition) is 0. The van der Waals surface area contributed by atoms with E-state index < -0.39 is 0 Å². The third-order valence-corrected chi connectivity index (χ3v) is 5.20. The van der Waals surface area contributed by atoms with Gasteiger partial charge in [0.25, 0.3) is 0 Å². The van der Waals surface area contributed by atoms with Crippen molar-refractivity contribution in [3.05, 3.63) is 35.4 Å². The van der Waals surface area contributed by atoms with Crippen LogP contribution in [0, 0.1) is 0 Å². The van der Waals surface area contributed by atoms with E-state index in [1.165, 1.54) is 56.1 Å². The first-order valence-corrected chi connectivity index (χ1v) is 8.04. The maximum atomic E-state index is 10.8. The number of nitrogens with zero attached hydrogens (tertiary/aromatic N) is 1. The number of benzene rings is 1. The van der Waals surface area contributed by atoms with E-state index in [-0.39, 0.29) is 5.54 Å². The quantitative estimate of drug-likeness (QED) is 0.438. The van der Waals surface area contributed by atoms with Crippen molar-refractivity contribution < 1.29 is 4.79 Å². The van der Waals surface area contributed by atoms with Gasteiger partial charge >= 0.3 is 0 Å². The van der Waals surface area contributed by atoms with Gasteiger partial charge in [-0.05, 0) is 49.1 Å². The molecule has 20 heavy (non-hydrogen) atoms. The SMILES string of the molecule is O=C=NC1(c2ccccc2C2CCCCCC2)CCC1. The summed E-state index contributed by atoms with van der Waals surface area (Å²) in [6, 6.07) is 8.70. The molecule has 1 aromatic rings. The second-order valence-electron chi connectivity index (χ2n) is 6.36. The van der Waals surface area contributed by atoms with Gasteiger partial charge in [0.2, 0.25) is 6.08 Å². The normalized spacial score (nSPS) is 22.4. The minimum atomic E-state index is -0.245. The third-order valence-electron chi connectivity index (χ3n) is 5.20. The predicted octanol–water partition coefficient (Wildman–Crippen LogP) is 4.84. The summed E-state index contributed by atoms with van der Waals surface area (Å²) in [6.45, 7) is 0. The highest BCUT2D eigenvalue weighted by Crippen LogP contribution is 2.48. The van der Waals surface area contributed by atoms with Crippen LogP contribution < -0.4 is 0 Å². The Morgan fingerprint density at radius 3 is 2.30 bits per heavy atom. The zero-order valence-corrected chi connectivity index (χ0v) is 12.1. The maximum absolute atomic E-state index is 10.8. The first-order valence-electron chi connectivity index (χ1n) is 8.04. The van der Waals surface area contributed by atoms with Crippen LogP contribution in [0.1, 0.15) is 74.8 Å². The number of aliphatic imine (C=N–C) groups is 1. The summed E-state index contributed by atoms with van der Waals surface area (Å²) < 4.78 is 0. The summed E-state index contributed by atoms with van der Waals surface area (Å²) in [6.07, 6.45) is 13.0. The Morgan fingerprint density at radius 1 is 1.00 bits per heavy atom. The van der Waals surface area contributed by atoms with Crippen LogP contribution in [0.3, 0.4) is 0 Å². The van der Waals surface area contributed by atoms with Gasteiger partial charge in [0, 0.05) is 0 Å². The fourth-order valence-corrected chi connectivity index (χ4v) is 3.91. The van der Waals surface area contributed by atoms with E-state index in [1.54, 1.807) is 0 Å². The summed E-state index contributed by atoms with van der Waals surface area (Å²) in [5.74, 6) is 0.660. The molecule has 3 rings (SSSR count). The van der Waals surface area contributed by atoms with E-state index in [0.29, 0.717) is 5.92 Å². The lowest BCUT2D eigenvalue weighted by molar-refractivity contribution is 0.252. The summed E-state index contributed by atoms with van der Waals surface area (Å²) >= 11 is 0. The van der Waals surface area contributed by atoms with Gasteiger partial charge < -0.3 is 0 Å². The van der Waals surface area contributed by atoms with Crippen LogP contribution in [0.5, 0.6) is 0 Å². The van der Waals surface area contributed by atoms with Crippen molar-refractivity contribution in [2.45, 2.75) is 69.2 Å². The van der Waals surface area contributed by atoms with Crippen molar-refractivity contribution >= 4 is 6.08 Å². The lowest BCUT2D eigenvalue weighted by atomic mass is 9.69. The Labute approximate surface area is 121 Å². The number of hydrogen-bond acceptors (Lipinski definition) is 2. The van der Waals surface area contributed by atoms with Gasteiger partial charge in [-0.3, -0.25) is 0 Å². The lowest BCUT2D eigenvalue weighted by Crippen LogP contribution is -2.33. The number of rotatable bonds is 3. The highest BCUT2D eigenvalue weighted by atomic mass is 16.1. The average molecular weight is 269 g/mol.